The fraction of sp³-hybridized carbons (Fsp3) is 1.00. The van der Waals surface area contributed by atoms with Crippen molar-refractivity contribution in [3.63, 3.8) is 0 Å². The summed E-state index contributed by atoms with van der Waals surface area (Å²) in [6, 6.07) is 0. The second-order valence-electron chi connectivity index (χ2n) is 4.96. The van der Waals surface area contributed by atoms with Gasteiger partial charge in [-0.3, -0.25) is 0 Å². The van der Waals surface area contributed by atoms with Gasteiger partial charge in [-0.25, -0.2) is 13.1 Å². The summed E-state index contributed by atoms with van der Waals surface area (Å²) in [6.07, 6.45) is 3.84. The Bertz CT molecular complexity index is 320. The third-order valence-corrected chi connectivity index (χ3v) is 4.92. The van der Waals surface area contributed by atoms with Gasteiger partial charge in [0.15, 0.2) is 0 Å². The highest BCUT2D eigenvalue weighted by molar-refractivity contribution is 7.89. The fourth-order valence-electron chi connectivity index (χ4n) is 2.46. The molecule has 2 rings (SSSR count). The van der Waals surface area contributed by atoms with Crippen molar-refractivity contribution in [3.05, 3.63) is 0 Å². The van der Waals surface area contributed by atoms with Gasteiger partial charge in [-0.2, -0.15) is 0 Å². The molecular weight excluding hydrogens is 240 g/mol. The summed E-state index contributed by atoms with van der Waals surface area (Å²) in [5, 5.41) is 3.28. The summed E-state index contributed by atoms with van der Waals surface area (Å²) >= 11 is 0. The van der Waals surface area contributed by atoms with Gasteiger partial charge in [-0.15, -0.1) is 0 Å². The molecule has 0 aromatic rings. The predicted molar refractivity (Wildman–Crippen MR) is 66.4 cm³/mol. The lowest BCUT2D eigenvalue weighted by Gasteiger charge is -2.12. The maximum Gasteiger partial charge on any atom is 0.214 e. The van der Waals surface area contributed by atoms with E-state index in [9.17, 15) is 8.42 Å². The molecule has 2 unspecified atom stereocenters. The van der Waals surface area contributed by atoms with Crippen molar-refractivity contribution in [2.45, 2.75) is 31.8 Å². The summed E-state index contributed by atoms with van der Waals surface area (Å²) in [5.41, 5.74) is 0. The van der Waals surface area contributed by atoms with Crippen LogP contribution in [0.25, 0.3) is 0 Å². The minimum absolute atomic E-state index is 0.0966. The van der Waals surface area contributed by atoms with Gasteiger partial charge in [-0.05, 0) is 44.7 Å². The number of ether oxygens (including phenoxy) is 1. The second-order valence-corrected chi connectivity index (χ2v) is 6.81. The van der Waals surface area contributed by atoms with Crippen molar-refractivity contribution in [1.29, 1.82) is 0 Å². The first-order chi connectivity index (χ1) is 8.16. The Morgan fingerprint density at radius 2 is 2.24 bits per heavy atom. The van der Waals surface area contributed by atoms with Crippen LogP contribution in [0, 0.1) is 5.92 Å². The quantitative estimate of drug-likeness (QED) is 0.711. The van der Waals surface area contributed by atoms with Crippen molar-refractivity contribution < 1.29 is 13.2 Å². The monoisotopic (exact) mass is 262 g/mol. The maximum atomic E-state index is 11.8. The number of rotatable bonds is 6. The van der Waals surface area contributed by atoms with Gasteiger partial charge < -0.3 is 10.1 Å². The van der Waals surface area contributed by atoms with Gasteiger partial charge in [0.2, 0.25) is 10.0 Å². The molecule has 2 N–H and O–H groups in total. The lowest BCUT2D eigenvalue weighted by Crippen LogP contribution is -2.33. The topological polar surface area (TPSA) is 67.4 Å². The Hall–Kier alpha value is -0.170. The van der Waals surface area contributed by atoms with Crippen LogP contribution in [-0.2, 0) is 14.8 Å². The SMILES string of the molecule is O=S(=O)(CC1CCCO1)NCCC1CCNC1. The van der Waals surface area contributed by atoms with Crippen LogP contribution in [0.3, 0.4) is 0 Å². The number of nitrogens with one attached hydrogen (secondary N) is 2. The molecule has 2 atom stereocenters. The molecule has 0 saturated carbocycles. The van der Waals surface area contributed by atoms with Crippen LogP contribution in [0.15, 0.2) is 0 Å². The van der Waals surface area contributed by atoms with Crippen LogP contribution in [0.1, 0.15) is 25.7 Å². The van der Waals surface area contributed by atoms with E-state index in [4.69, 9.17) is 4.74 Å². The summed E-state index contributed by atoms with van der Waals surface area (Å²) in [6.45, 7) is 3.34. The zero-order chi connectivity index (χ0) is 12.1. The lowest BCUT2D eigenvalue weighted by molar-refractivity contribution is 0.127. The number of sulfonamides is 1. The predicted octanol–water partition coefficient (Wildman–Crippen LogP) is 0.0844. The highest BCUT2D eigenvalue weighted by atomic mass is 32.2. The van der Waals surface area contributed by atoms with Crippen molar-refractivity contribution in [1.82, 2.24) is 10.0 Å². The molecule has 0 radical (unpaired) electrons. The lowest BCUT2D eigenvalue weighted by atomic mass is 10.1. The zero-order valence-corrected chi connectivity index (χ0v) is 11.0. The summed E-state index contributed by atoms with van der Waals surface area (Å²) in [4.78, 5) is 0. The first-order valence-electron chi connectivity index (χ1n) is 6.45. The van der Waals surface area contributed by atoms with Gasteiger partial charge in [0, 0.05) is 13.2 Å². The number of hydrogen-bond acceptors (Lipinski definition) is 4. The summed E-state index contributed by atoms with van der Waals surface area (Å²) < 4.78 is 31.5. The van der Waals surface area contributed by atoms with E-state index in [0.717, 1.165) is 38.8 Å². The highest BCUT2D eigenvalue weighted by Crippen LogP contribution is 2.14. The van der Waals surface area contributed by atoms with E-state index in [0.29, 0.717) is 19.1 Å². The minimum Gasteiger partial charge on any atom is -0.377 e. The molecule has 0 amide bonds. The molecule has 0 aliphatic carbocycles. The van der Waals surface area contributed by atoms with E-state index >= 15 is 0 Å². The molecular formula is C11H22N2O3S. The minimum atomic E-state index is -3.15. The highest BCUT2D eigenvalue weighted by Gasteiger charge is 2.23. The van der Waals surface area contributed by atoms with Crippen LogP contribution < -0.4 is 10.0 Å². The van der Waals surface area contributed by atoms with E-state index in [1.54, 1.807) is 0 Å². The van der Waals surface area contributed by atoms with Gasteiger partial charge in [0.25, 0.3) is 0 Å². The Morgan fingerprint density at radius 1 is 1.35 bits per heavy atom. The van der Waals surface area contributed by atoms with Crippen LogP contribution >= 0.6 is 0 Å². The van der Waals surface area contributed by atoms with Gasteiger partial charge in [0.05, 0.1) is 11.9 Å². The van der Waals surface area contributed by atoms with Crippen molar-refractivity contribution in [2.75, 3.05) is 32.0 Å². The maximum absolute atomic E-state index is 11.8. The molecule has 5 nitrogen and oxygen atoms in total. The van der Waals surface area contributed by atoms with Gasteiger partial charge in [0.1, 0.15) is 0 Å². The summed E-state index contributed by atoms with van der Waals surface area (Å²) in [5.74, 6) is 0.746. The summed E-state index contributed by atoms with van der Waals surface area (Å²) in [7, 11) is -3.15. The van der Waals surface area contributed by atoms with E-state index in [-0.39, 0.29) is 11.9 Å². The third-order valence-electron chi connectivity index (χ3n) is 3.47. The fourth-order valence-corrected chi connectivity index (χ4v) is 3.76. The average Bonchev–Trinajstić information content (AvgIpc) is 2.89. The van der Waals surface area contributed by atoms with Crippen molar-refractivity contribution >= 4 is 10.0 Å². The second kappa shape index (κ2) is 6.13. The Kier molecular flexibility index (Phi) is 4.78. The molecule has 17 heavy (non-hydrogen) atoms. The normalized spacial score (nSPS) is 29.9. The molecule has 2 heterocycles. The van der Waals surface area contributed by atoms with Gasteiger partial charge >= 0.3 is 0 Å². The van der Waals surface area contributed by atoms with E-state index in [2.05, 4.69) is 10.0 Å². The molecule has 2 saturated heterocycles. The number of hydrogen-bond donors (Lipinski definition) is 2. The van der Waals surface area contributed by atoms with Crippen molar-refractivity contribution in [3.8, 4) is 0 Å². The van der Waals surface area contributed by atoms with Crippen molar-refractivity contribution in [2.24, 2.45) is 5.92 Å². The first-order valence-corrected chi connectivity index (χ1v) is 8.10. The van der Waals surface area contributed by atoms with Gasteiger partial charge in [-0.1, -0.05) is 0 Å². The molecule has 6 heteroatoms. The largest absolute Gasteiger partial charge is 0.377 e. The van der Waals surface area contributed by atoms with E-state index < -0.39 is 10.0 Å². The zero-order valence-electron chi connectivity index (χ0n) is 10.2. The molecule has 2 aliphatic heterocycles. The molecule has 0 aromatic heterocycles. The van der Waals surface area contributed by atoms with Crippen LogP contribution in [-0.4, -0.2) is 46.5 Å². The Morgan fingerprint density at radius 3 is 2.88 bits per heavy atom. The van der Waals surface area contributed by atoms with E-state index in [1.165, 1.54) is 0 Å². The van der Waals surface area contributed by atoms with Crippen LogP contribution in [0.2, 0.25) is 0 Å². The Balaban J connectivity index is 1.65. The molecule has 2 aliphatic rings. The molecule has 0 bridgehead atoms. The third kappa shape index (κ3) is 4.54. The first kappa shape index (κ1) is 13.3. The molecule has 0 aromatic carbocycles. The molecule has 2 fully saturated rings. The van der Waals surface area contributed by atoms with E-state index in [1.807, 2.05) is 0 Å². The Labute approximate surface area is 103 Å². The van der Waals surface area contributed by atoms with Crippen LogP contribution in [0.5, 0.6) is 0 Å². The smallest absolute Gasteiger partial charge is 0.214 e. The molecule has 100 valence electrons. The molecule has 0 spiro atoms. The average molecular weight is 262 g/mol. The standard InChI is InChI=1S/C11H22N2O3S/c14-17(15,9-11-2-1-7-16-11)13-6-4-10-3-5-12-8-10/h10-13H,1-9H2. The van der Waals surface area contributed by atoms with Crippen LogP contribution in [0.4, 0.5) is 0 Å².